The molecule has 0 bridgehead atoms. The lowest BCUT2D eigenvalue weighted by molar-refractivity contribution is -0.147. The van der Waals surface area contributed by atoms with E-state index in [1.807, 2.05) is 26.8 Å². The summed E-state index contributed by atoms with van der Waals surface area (Å²) in [5.41, 5.74) is 0.365. The number of ether oxygens (including phenoxy) is 3. The van der Waals surface area contributed by atoms with E-state index < -0.39 is 17.5 Å². The number of hydrogen-bond acceptors (Lipinski definition) is 7. The predicted molar refractivity (Wildman–Crippen MR) is 130 cm³/mol. The minimum absolute atomic E-state index is 0.296. The number of benzene rings is 2. The van der Waals surface area contributed by atoms with Gasteiger partial charge in [0.25, 0.3) is 5.56 Å². The number of aromatic nitrogens is 2. The minimum Gasteiger partial charge on any atom is -0.493 e. The van der Waals surface area contributed by atoms with E-state index in [9.17, 15) is 9.59 Å². The number of rotatable bonds is 6. The molecule has 2 aromatic carbocycles. The summed E-state index contributed by atoms with van der Waals surface area (Å²) in [6.07, 6.45) is 0.621. The number of esters is 1. The average molecular weight is 516 g/mol. The Labute approximate surface area is 200 Å². The fourth-order valence-corrected chi connectivity index (χ4v) is 3.53. The molecule has 0 radical (unpaired) electrons. The zero-order valence-electron chi connectivity index (χ0n) is 19.4. The van der Waals surface area contributed by atoms with Gasteiger partial charge >= 0.3 is 5.97 Å². The molecule has 0 fully saturated rings. The third-order valence-electron chi connectivity index (χ3n) is 4.85. The fraction of sp³-hybridized carbons (Fsp3) is 0.333. The van der Waals surface area contributed by atoms with E-state index in [2.05, 4.69) is 21.0 Å². The number of carbonyl (C=O) groups excluding carboxylic acids is 1. The SMILES string of the molecule is COC(=O)[C@@H](C)Oc1c(C=Nn2c(C(C)(C)C)nc3ccc(Br)cc3c2=O)cccc1OC. The molecule has 3 rings (SSSR count). The molecule has 0 N–H and O–H groups in total. The molecule has 174 valence electrons. The molecule has 0 aliphatic rings. The van der Waals surface area contributed by atoms with E-state index in [1.54, 1.807) is 37.3 Å². The van der Waals surface area contributed by atoms with E-state index >= 15 is 0 Å². The third-order valence-corrected chi connectivity index (χ3v) is 5.34. The second kappa shape index (κ2) is 9.74. The van der Waals surface area contributed by atoms with Crippen LogP contribution in [0.2, 0.25) is 0 Å². The summed E-state index contributed by atoms with van der Waals surface area (Å²) in [7, 11) is 2.79. The molecule has 8 nitrogen and oxygen atoms in total. The number of halogens is 1. The van der Waals surface area contributed by atoms with Gasteiger partial charge < -0.3 is 14.2 Å². The second-order valence-corrected chi connectivity index (χ2v) is 9.29. The Kier molecular flexibility index (Phi) is 7.22. The Morgan fingerprint density at radius 2 is 1.94 bits per heavy atom. The first-order chi connectivity index (χ1) is 15.6. The Morgan fingerprint density at radius 1 is 1.21 bits per heavy atom. The molecule has 0 spiro atoms. The zero-order chi connectivity index (χ0) is 24.3. The van der Waals surface area contributed by atoms with Crippen molar-refractivity contribution in [2.45, 2.75) is 39.2 Å². The summed E-state index contributed by atoms with van der Waals surface area (Å²) in [5, 5.41) is 4.92. The summed E-state index contributed by atoms with van der Waals surface area (Å²) < 4.78 is 18.0. The lowest BCUT2D eigenvalue weighted by atomic mass is 9.95. The Balaban J connectivity index is 2.17. The van der Waals surface area contributed by atoms with Crippen molar-refractivity contribution in [3.63, 3.8) is 0 Å². The Morgan fingerprint density at radius 3 is 2.58 bits per heavy atom. The van der Waals surface area contributed by atoms with Crippen LogP contribution in [0.4, 0.5) is 0 Å². The highest BCUT2D eigenvalue weighted by Crippen LogP contribution is 2.31. The van der Waals surface area contributed by atoms with Crippen LogP contribution in [0, 0.1) is 0 Å². The first-order valence-corrected chi connectivity index (χ1v) is 11.0. The number of nitrogens with zero attached hydrogens (tertiary/aromatic N) is 3. The summed E-state index contributed by atoms with van der Waals surface area (Å²) in [6, 6.07) is 10.6. The third kappa shape index (κ3) is 5.24. The van der Waals surface area contributed by atoms with Crippen molar-refractivity contribution in [1.29, 1.82) is 0 Å². The first kappa shape index (κ1) is 24.4. The Bertz CT molecular complexity index is 1280. The molecule has 1 aromatic heterocycles. The second-order valence-electron chi connectivity index (χ2n) is 8.37. The van der Waals surface area contributed by atoms with E-state index in [0.29, 0.717) is 33.8 Å². The van der Waals surface area contributed by atoms with Gasteiger partial charge in [0.15, 0.2) is 17.6 Å². The van der Waals surface area contributed by atoms with Crippen LogP contribution in [-0.2, 0) is 14.9 Å². The van der Waals surface area contributed by atoms with Crippen LogP contribution < -0.4 is 15.0 Å². The number of carbonyl (C=O) groups is 1. The average Bonchev–Trinajstić information content (AvgIpc) is 2.78. The van der Waals surface area contributed by atoms with Gasteiger partial charge in [0, 0.05) is 15.5 Å². The van der Waals surface area contributed by atoms with Gasteiger partial charge in [-0.05, 0) is 37.3 Å². The maximum Gasteiger partial charge on any atom is 0.346 e. The van der Waals surface area contributed by atoms with Crippen LogP contribution in [0.15, 0.2) is 50.8 Å². The van der Waals surface area contributed by atoms with Crippen molar-refractivity contribution in [1.82, 2.24) is 9.66 Å². The highest BCUT2D eigenvalue weighted by atomic mass is 79.9. The van der Waals surface area contributed by atoms with Crippen molar-refractivity contribution in [3.8, 4) is 11.5 Å². The summed E-state index contributed by atoms with van der Waals surface area (Å²) in [6.45, 7) is 7.46. The topological polar surface area (TPSA) is 92.0 Å². The van der Waals surface area contributed by atoms with Crippen molar-refractivity contribution in [2.24, 2.45) is 5.10 Å². The molecular formula is C24H26BrN3O5. The van der Waals surface area contributed by atoms with E-state index in [1.165, 1.54) is 25.1 Å². The van der Waals surface area contributed by atoms with Gasteiger partial charge in [0.1, 0.15) is 5.82 Å². The van der Waals surface area contributed by atoms with Gasteiger partial charge in [-0.3, -0.25) is 4.79 Å². The molecule has 0 aliphatic carbocycles. The number of hydrogen-bond donors (Lipinski definition) is 0. The van der Waals surface area contributed by atoms with Crippen LogP contribution in [-0.4, -0.2) is 42.2 Å². The van der Waals surface area contributed by atoms with E-state index in [0.717, 1.165) is 4.47 Å². The minimum atomic E-state index is -0.869. The molecule has 9 heteroatoms. The van der Waals surface area contributed by atoms with Crippen LogP contribution in [0.3, 0.4) is 0 Å². The Hall–Kier alpha value is -3.20. The highest BCUT2D eigenvalue weighted by Gasteiger charge is 2.23. The van der Waals surface area contributed by atoms with Gasteiger partial charge in [0.05, 0.1) is 31.3 Å². The lowest BCUT2D eigenvalue weighted by Crippen LogP contribution is -2.29. The van der Waals surface area contributed by atoms with Gasteiger partial charge in [-0.25, -0.2) is 9.78 Å². The van der Waals surface area contributed by atoms with E-state index in [4.69, 9.17) is 19.2 Å². The van der Waals surface area contributed by atoms with Crippen molar-refractivity contribution < 1.29 is 19.0 Å². The number of methoxy groups -OCH3 is 2. The monoisotopic (exact) mass is 515 g/mol. The quantitative estimate of drug-likeness (QED) is 0.359. The molecule has 3 aromatic rings. The van der Waals surface area contributed by atoms with Gasteiger partial charge in [0.2, 0.25) is 0 Å². The lowest BCUT2D eigenvalue weighted by Gasteiger charge is -2.21. The van der Waals surface area contributed by atoms with Gasteiger partial charge in [-0.1, -0.05) is 42.8 Å². The van der Waals surface area contributed by atoms with Crippen molar-refractivity contribution in [3.05, 3.63) is 62.6 Å². The fourth-order valence-electron chi connectivity index (χ4n) is 3.17. The summed E-state index contributed by atoms with van der Waals surface area (Å²) in [4.78, 5) is 29.9. The molecule has 33 heavy (non-hydrogen) atoms. The molecule has 0 amide bonds. The zero-order valence-corrected chi connectivity index (χ0v) is 21.0. The van der Waals surface area contributed by atoms with Crippen molar-refractivity contribution in [2.75, 3.05) is 14.2 Å². The van der Waals surface area contributed by atoms with Crippen LogP contribution in [0.1, 0.15) is 39.1 Å². The molecule has 0 saturated heterocycles. The largest absolute Gasteiger partial charge is 0.493 e. The normalized spacial score (nSPS) is 12.7. The van der Waals surface area contributed by atoms with Gasteiger partial charge in [-0.2, -0.15) is 9.78 Å². The van der Waals surface area contributed by atoms with Crippen molar-refractivity contribution >= 4 is 39.0 Å². The molecule has 0 aliphatic heterocycles. The highest BCUT2D eigenvalue weighted by molar-refractivity contribution is 9.10. The maximum absolute atomic E-state index is 13.4. The standard InChI is InChI=1S/C24H26BrN3O5/c1-14(22(30)32-6)33-20-15(8-7-9-19(20)31-5)13-26-28-21(29)17-12-16(25)10-11-18(17)27-23(28)24(2,3)4/h7-14H,1-6H3/t14-/m1/s1. The molecule has 1 heterocycles. The molecule has 0 unspecified atom stereocenters. The summed E-state index contributed by atoms with van der Waals surface area (Å²) >= 11 is 3.41. The first-order valence-electron chi connectivity index (χ1n) is 10.3. The van der Waals surface area contributed by atoms with Crippen LogP contribution in [0.5, 0.6) is 11.5 Å². The number of fused-ring (bicyclic) bond motifs is 1. The number of para-hydroxylation sites is 1. The van der Waals surface area contributed by atoms with Crippen LogP contribution >= 0.6 is 15.9 Å². The maximum atomic E-state index is 13.4. The predicted octanol–water partition coefficient (Wildman–Crippen LogP) is 4.29. The smallest absolute Gasteiger partial charge is 0.346 e. The van der Waals surface area contributed by atoms with Gasteiger partial charge in [-0.15, -0.1) is 0 Å². The van der Waals surface area contributed by atoms with E-state index in [-0.39, 0.29) is 5.56 Å². The van der Waals surface area contributed by atoms with Crippen LogP contribution in [0.25, 0.3) is 10.9 Å². The molecular weight excluding hydrogens is 490 g/mol. The molecule has 0 saturated carbocycles. The molecule has 1 atom stereocenters. The summed E-state index contributed by atoms with van der Waals surface area (Å²) in [5.74, 6) is 0.702.